The van der Waals surface area contributed by atoms with Crippen LogP contribution in [0.5, 0.6) is 5.75 Å². The van der Waals surface area contributed by atoms with Gasteiger partial charge in [-0.1, -0.05) is 11.6 Å². The van der Waals surface area contributed by atoms with Gasteiger partial charge in [0.05, 0.1) is 18.6 Å². The number of carboxylic acid groups (broad SMARTS) is 1. The summed E-state index contributed by atoms with van der Waals surface area (Å²) in [4.78, 5) is 10.9. The molecule has 110 valence electrons. The van der Waals surface area contributed by atoms with E-state index >= 15 is 0 Å². The number of methoxy groups -OCH3 is 1. The van der Waals surface area contributed by atoms with E-state index in [-0.39, 0.29) is 6.42 Å². The predicted octanol–water partition coefficient (Wildman–Crippen LogP) is 3.01. The third-order valence-electron chi connectivity index (χ3n) is 4.00. The first-order valence-electron chi connectivity index (χ1n) is 6.82. The molecule has 0 aromatic heterocycles. The van der Waals surface area contributed by atoms with Crippen molar-refractivity contribution in [1.29, 1.82) is 0 Å². The summed E-state index contributed by atoms with van der Waals surface area (Å²) in [5, 5.41) is 9.55. The normalized spacial score (nSPS) is 15.6. The molecule has 3 N–H and O–H groups in total. The highest BCUT2D eigenvalue weighted by atomic mass is 35.5. The molecular weight excluding hydrogens is 278 g/mol. The second-order valence-corrected chi connectivity index (χ2v) is 5.63. The van der Waals surface area contributed by atoms with E-state index in [1.165, 1.54) is 5.56 Å². The van der Waals surface area contributed by atoms with E-state index < -0.39 is 12.0 Å². The van der Waals surface area contributed by atoms with E-state index in [1.54, 1.807) is 7.11 Å². The molecular formula is C15H20ClNO3. The lowest BCUT2D eigenvalue weighted by Crippen LogP contribution is -2.20. The van der Waals surface area contributed by atoms with E-state index in [0.717, 1.165) is 42.4 Å². The smallest absolute Gasteiger partial charge is 0.305 e. The second kappa shape index (κ2) is 6.02. The summed E-state index contributed by atoms with van der Waals surface area (Å²) in [7, 11) is 1.55. The van der Waals surface area contributed by atoms with Gasteiger partial charge >= 0.3 is 5.97 Å². The highest BCUT2D eigenvalue weighted by Gasteiger charge is 2.27. The number of carbonyl (C=O) groups is 1. The Morgan fingerprint density at radius 3 is 2.55 bits per heavy atom. The molecule has 1 unspecified atom stereocenters. The van der Waals surface area contributed by atoms with E-state index in [9.17, 15) is 4.79 Å². The van der Waals surface area contributed by atoms with Crippen molar-refractivity contribution in [3.63, 3.8) is 0 Å². The molecule has 0 saturated heterocycles. The lowest BCUT2D eigenvalue weighted by atomic mass is 9.83. The maximum absolute atomic E-state index is 10.9. The van der Waals surface area contributed by atoms with Gasteiger partial charge in [-0.05, 0) is 49.3 Å². The van der Waals surface area contributed by atoms with Crippen molar-refractivity contribution in [2.45, 2.75) is 45.1 Å². The van der Waals surface area contributed by atoms with Crippen LogP contribution in [0.25, 0.3) is 0 Å². The van der Waals surface area contributed by atoms with E-state index in [2.05, 4.69) is 0 Å². The molecule has 0 bridgehead atoms. The number of benzene rings is 1. The average molecular weight is 298 g/mol. The summed E-state index contributed by atoms with van der Waals surface area (Å²) in [5.41, 5.74) is 10.2. The van der Waals surface area contributed by atoms with Crippen LogP contribution in [0.4, 0.5) is 0 Å². The summed E-state index contributed by atoms with van der Waals surface area (Å²) in [6, 6.07) is -0.604. The number of aliphatic carboxylic acids is 1. The van der Waals surface area contributed by atoms with Crippen LogP contribution in [-0.2, 0) is 17.6 Å². The number of nitrogens with two attached hydrogens (primary N) is 1. The average Bonchev–Trinajstić information content (AvgIpc) is 2.41. The number of halogens is 1. The van der Waals surface area contributed by atoms with Crippen molar-refractivity contribution in [2.75, 3.05) is 7.11 Å². The molecule has 5 heteroatoms. The standard InChI is InChI=1S/C15H20ClNO3/c1-8-9-5-3-4-6-10(9)14(16)15(20-2)13(8)11(17)7-12(18)19/h11H,3-7,17H2,1-2H3,(H,18,19). The zero-order valence-corrected chi connectivity index (χ0v) is 12.6. The van der Waals surface area contributed by atoms with Gasteiger partial charge < -0.3 is 15.6 Å². The molecule has 0 fully saturated rings. The molecule has 0 amide bonds. The summed E-state index contributed by atoms with van der Waals surface area (Å²) >= 11 is 6.46. The van der Waals surface area contributed by atoms with Crippen LogP contribution in [0.3, 0.4) is 0 Å². The van der Waals surface area contributed by atoms with Crippen molar-refractivity contribution >= 4 is 17.6 Å². The van der Waals surface area contributed by atoms with Crippen LogP contribution in [0.1, 0.15) is 47.6 Å². The Balaban J connectivity index is 2.60. The molecule has 0 spiro atoms. The third-order valence-corrected chi connectivity index (χ3v) is 4.40. The third kappa shape index (κ3) is 2.63. The Morgan fingerprint density at radius 2 is 2.00 bits per heavy atom. The SMILES string of the molecule is COc1c(Cl)c2c(c(C)c1C(N)CC(=O)O)CCCC2. The van der Waals surface area contributed by atoms with E-state index in [0.29, 0.717) is 10.8 Å². The van der Waals surface area contributed by atoms with Gasteiger partial charge in [-0.2, -0.15) is 0 Å². The molecule has 2 rings (SSSR count). The number of hydrogen-bond acceptors (Lipinski definition) is 3. The number of carboxylic acids is 1. The summed E-state index contributed by atoms with van der Waals surface area (Å²) in [6.45, 7) is 1.99. The van der Waals surface area contributed by atoms with Gasteiger partial charge in [0.2, 0.25) is 0 Å². The second-order valence-electron chi connectivity index (χ2n) is 5.25. The Bertz CT molecular complexity index is 543. The minimum absolute atomic E-state index is 0.133. The van der Waals surface area contributed by atoms with Crippen molar-refractivity contribution in [1.82, 2.24) is 0 Å². The van der Waals surface area contributed by atoms with Crippen LogP contribution in [0, 0.1) is 6.92 Å². The lowest BCUT2D eigenvalue weighted by Gasteiger charge is -2.26. The first kappa shape index (κ1) is 15.1. The number of hydrogen-bond donors (Lipinski definition) is 2. The van der Waals surface area contributed by atoms with Crippen molar-refractivity contribution in [3.8, 4) is 5.75 Å². The van der Waals surface area contributed by atoms with Crippen LogP contribution < -0.4 is 10.5 Å². The maximum Gasteiger partial charge on any atom is 0.305 e. The van der Waals surface area contributed by atoms with Gasteiger partial charge in [0.15, 0.2) is 0 Å². The van der Waals surface area contributed by atoms with Crippen LogP contribution in [-0.4, -0.2) is 18.2 Å². The highest BCUT2D eigenvalue weighted by molar-refractivity contribution is 6.33. The number of rotatable bonds is 4. The Kier molecular flexibility index (Phi) is 4.55. The molecule has 1 atom stereocenters. The van der Waals surface area contributed by atoms with Crippen molar-refractivity contribution < 1.29 is 14.6 Å². The van der Waals surface area contributed by atoms with Crippen molar-refractivity contribution in [2.24, 2.45) is 5.73 Å². The molecule has 0 heterocycles. The topological polar surface area (TPSA) is 72.5 Å². The van der Waals surface area contributed by atoms with Gasteiger partial charge in [-0.15, -0.1) is 0 Å². The van der Waals surface area contributed by atoms with Crippen LogP contribution >= 0.6 is 11.6 Å². The minimum atomic E-state index is -0.923. The Labute approximate surface area is 123 Å². The molecule has 0 aliphatic heterocycles. The fraction of sp³-hybridized carbons (Fsp3) is 0.533. The maximum atomic E-state index is 10.9. The number of fused-ring (bicyclic) bond motifs is 1. The number of ether oxygens (including phenoxy) is 1. The molecule has 20 heavy (non-hydrogen) atoms. The summed E-state index contributed by atoms with van der Waals surface area (Å²) in [5.74, 6) is -0.383. The molecule has 4 nitrogen and oxygen atoms in total. The van der Waals surface area contributed by atoms with Gasteiger partial charge in [0.25, 0.3) is 0 Å². The Morgan fingerprint density at radius 1 is 1.40 bits per heavy atom. The first-order valence-corrected chi connectivity index (χ1v) is 7.20. The molecule has 1 aliphatic carbocycles. The van der Waals surface area contributed by atoms with Gasteiger partial charge in [-0.25, -0.2) is 0 Å². The summed E-state index contributed by atoms with van der Waals surface area (Å²) < 4.78 is 5.42. The van der Waals surface area contributed by atoms with Gasteiger partial charge in [0, 0.05) is 11.6 Å². The quantitative estimate of drug-likeness (QED) is 0.896. The van der Waals surface area contributed by atoms with Crippen LogP contribution in [0.2, 0.25) is 5.02 Å². The largest absolute Gasteiger partial charge is 0.495 e. The van der Waals surface area contributed by atoms with Gasteiger partial charge in [0.1, 0.15) is 5.75 Å². The molecule has 1 aliphatic rings. The van der Waals surface area contributed by atoms with E-state index in [4.69, 9.17) is 27.2 Å². The predicted molar refractivity (Wildman–Crippen MR) is 78.6 cm³/mol. The minimum Gasteiger partial charge on any atom is -0.495 e. The molecule has 0 radical (unpaired) electrons. The lowest BCUT2D eigenvalue weighted by molar-refractivity contribution is -0.137. The monoisotopic (exact) mass is 297 g/mol. The molecule has 1 aromatic rings. The zero-order chi connectivity index (χ0) is 14.9. The van der Waals surface area contributed by atoms with Crippen molar-refractivity contribution in [3.05, 3.63) is 27.3 Å². The zero-order valence-electron chi connectivity index (χ0n) is 11.8. The van der Waals surface area contributed by atoms with Crippen LogP contribution in [0.15, 0.2) is 0 Å². The molecule has 1 aromatic carbocycles. The van der Waals surface area contributed by atoms with Gasteiger partial charge in [-0.3, -0.25) is 4.79 Å². The molecule has 0 saturated carbocycles. The van der Waals surface area contributed by atoms with E-state index in [1.807, 2.05) is 6.92 Å². The first-order chi connectivity index (χ1) is 9.47. The fourth-order valence-electron chi connectivity index (χ4n) is 3.09. The summed E-state index contributed by atoms with van der Waals surface area (Å²) in [6.07, 6.45) is 4.03. The fourth-order valence-corrected chi connectivity index (χ4v) is 3.47. The Hall–Kier alpha value is -1.26. The highest BCUT2D eigenvalue weighted by Crippen LogP contribution is 2.43.